The first-order valence-corrected chi connectivity index (χ1v) is 6.74. The number of anilines is 1. The van der Waals surface area contributed by atoms with Gasteiger partial charge in [-0.3, -0.25) is 0 Å². The number of aromatic nitrogens is 5. The van der Waals surface area contributed by atoms with Gasteiger partial charge in [-0.05, 0) is 11.6 Å². The first-order valence-electron chi connectivity index (χ1n) is 6.74. The molecular weight excluding hydrogens is 264 g/mol. The molecule has 21 heavy (non-hydrogen) atoms. The molecule has 1 N–H and O–H groups in total. The lowest BCUT2D eigenvalue weighted by Gasteiger charge is -2.06. The molecule has 6 heteroatoms. The minimum absolute atomic E-state index is 0.582. The number of aryl methyl sites for hydroxylation is 1. The zero-order valence-electron chi connectivity index (χ0n) is 11.8. The van der Waals surface area contributed by atoms with Gasteiger partial charge in [0.05, 0.1) is 6.54 Å². The summed E-state index contributed by atoms with van der Waals surface area (Å²) in [5, 5.41) is 11.1. The monoisotopic (exact) mass is 280 g/mol. The Bertz CT molecular complexity index is 707. The molecule has 0 atom stereocenters. The van der Waals surface area contributed by atoms with Crippen LogP contribution in [-0.2, 0) is 20.0 Å². The highest BCUT2D eigenvalue weighted by Gasteiger charge is 2.03. The third-order valence-electron chi connectivity index (χ3n) is 3.14. The van der Waals surface area contributed by atoms with Gasteiger partial charge in [0, 0.05) is 19.7 Å². The molecule has 106 valence electrons. The molecule has 0 fully saturated rings. The summed E-state index contributed by atoms with van der Waals surface area (Å²) in [5.41, 5.74) is 1.20. The summed E-state index contributed by atoms with van der Waals surface area (Å²) in [7, 11) is 1.91. The van der Waals surface area contributed by atoms with Gasteiger partial charge in [0.2, 0.25) is 0 Å². The summed E-state index contributed by atoms with van der Waals surface area (Å²) in [4.78, 5) is 8.83. The average Bonchev–Trinajstić information content (AvgIpc) is 2.92. The SMILES string of the molecule is Cn1cnnc1CNc1ccnc(Cc2ccccc2)n1. The predicted octanol–water partition coefficient (Wildman–Crippen LogP) is 1.81. The Hall–Kier alpha value is -2.76. The Labute approximate surface area is 122 Å². The molecule has 0 saturated carbocycles. The van der Waals surface area contributed by atoms with Crippen molar-refractivity contribution in [1.82, 2.24) is 24.7 Å². The van der Waals surface area contributed by atoms with Crippen molar-refractivity contribution in [1.29, 1.82) is 0 Å². The van der Waals surface area contributed by atoms with Crippen LogP contribution in [0.5, 0.6) is 0 Å². The van der Waals surface area contributed by atoms with Crippen molar-refractivity contribution in [3.05, 3.63) is 66.1 Å². The first kappa shape index (κ1) is 13.2. The Kier molecular flexibility index (Phi) is 3.86. The van der Waals surface area contributed by atoms with E-state index in [0.29, 0.717) is 6.54 Å². The van der Waals surface area contributed by atoms with Gasteiger partial charge in [0.25, 0.3) is 0 Å². The van der Waals surface area contributed by atoms with E-state index in [1.807, 2.05) is 35.9 Å². The minimum Gasteiger partial charge on any atom is -0.363 e. The second kappa shape index (κ2) is 6.13. The van der Waals surface area contributed by atoms with E-state index in [1.165, 1.54) is 5.56 Å². The van der Waals surface area contributed by atoms with Crippen LogP contribution in [0.2, 0.25) is 0 Å². The number of rotatable bonds is 5. The third-order valence-corrected chi connectivity index (χ3v) is 3.14. The van der Waals surface area contributed by atoms with Crippen LogP contribution >= 0.6 is 0 Å². The van der Waals surface area contributed by atoms with Crippen molar-refractivity contribution in [2.24, 2.45) is 7.05 Å². The lowest BCUT2D eigenvalue weighted by atomic mass is 10.1. The molecule has 2 heterocycles. The van der Waals surface area contributed by atoms with Crippen molar-refractivity contribution in [3.8, 4) is 0 Å². The van der Waals surface area contributed by atoms with Crippen LogP contribution < -0.4 is 5.32 Å². The normalized spacial score (nSPS) is 10.5. The van der Waals surface area contributed by atoms with E-state index in [0.717, 1.165) is 23.9 Å². The number of hydrogen-bond acceptors (Lipinski definition) is 5. The molecule has 0 amide bonds. The van der Waals surface area contributed by atoms with Crippen LogP contribution in [0.1, 0.15) is 17.2 Å². The smallest absolute Gasteiger partial charge is 0.151 e. The zero-order valence-corrected chi connectivity index (χ0v) is 11.8. The van der Waals surface area contributed by atoms with Crippen LogP contribution in [0.4, 0.5) is 5.82 Å². The minimum atomic E-state index is 0.582. The molecule has 6 nitrogen and oxygen atoms in total. The third kappa shape index (κ3) is 3.42. The lowest BCUT2D eigenvalue weighted by Crippen LogP contribution is -2.08. The van der Waals surface area contributed by atoms with Gasteiger partial charge in [-0.25, -0.2) is 9.97 Å². The van der Waals surface area contributed by atoms with Gasteiger partial charge in [0.1, 0.15) is 18.0 Å². The molecule has 0 aliphatic heterocycles. The molecule has 0 saturated heterocycles. The molecule has 3 aromatic rings. The van der Waals surface area contributed by atoms with Gasteiger partial charge in [-0.2, -0.15) is 0 Å². The second-order valence-corrected chi connectivity index (χ2v) is 4.73. The van der Waals surface area contributed by atoms with E-state index in [2.05, 4.69) is 37.6 Å². The van der Waals surface area contributed by atoms with Gasteiger partial charge < -0.3 is 9.88 Å². The van der Waals surface area contributed by atoms with Crippen molar-refractivity contribution in [2.75, 3.05) is 5.32 Å². The lowest BCUT2D eigenvalue weighted by molar-refractivity contribution is 0.808. The maximum absolute atomic E-state index is 4.52. The zero-order chi connectivity index (χ0) is 14.5. The molecule has 0 spiro atoms. The molecule has 0 aliphatic rings. The summed E-state index contributed by atoms with van der Waals surface area (Å²) in [5.74, 6) is 2.45. The van der Waals surface area contributed by atoms with Gasteiger partial charge >= 0.3 is 0 Å². The molecule has 0 bridgehead atoms. The predicted molar refractivity (Wildman–Crippen MR) is 79.6 cm³/mol. The van der Waals surface area contributed by atoms with Crippen LogP contribution in [0.3, 0.4) is 0 Å². The fourth-order valence-corrected chi connectivity index (χ4v) is 2.00. The van der Waals surface area contributed by atoms with Crippen molar-refractivity contribution in [2.45, 2.75) is 13.0 Å². The highest BCUT2D eigenvalue weighted by atomic mass is 15.3. The Morgan fingerprint density at radius 1 is 1.14 bits per heavy atom. The molecule has 0 aliphatic carbocycles. The Balaban J connectivity index is 1.67. The Morgan fingerprint density at radius 2 is 2.00 bits per heavy atom. The van der Waals surface area contributed by atoms with Crippen LogP contribution in [0, 0.1) is 0 Å². The summed E-state index contributed by atoms with van der Waals surface area (Å²) in [6.45, 7) is 0.582. The fraction of sp³-hybridized carbons (Fsp3) is 0.200. The van der Waals surface area contributed by atoms with Crippen LogP contribution in [0.15, 0.2) is 48.9 Å². The molecule has 2 aromatic heterocycles. The topological polar surface area (TPSA) is 68.5 Å². The summed E-state index contributed by atoms with van der Waals surface area (Å²) < 4.78 is 1.87. The largest absolute Gasteiger partial charge is 0.363 e. The van der Waals surface area contributed by atoms with Crippen LogP contribution in [-0.4, -0.2) is 24.7 Å². The van der Waals surface area contributed by atoms with E-state index < -0.39 is 0 Å². The maximum atomic E-state index is 4.52. The second-order valence-electron chi connectivity index (χ2n) is 4.73. The highest BCUT2D eigenvalue weighted by Crippen LogP contribution is 2.08. The van der Waals surface area contributed by atoms with E-state index in [9.17, 15) is 0 Å². The average molecular weight is 280 g/mol. The van der Waals surface area contributed by atoms with Crippen LogP contribution in [0.25, 0.3) is 0 Å². The summed E-state index contributed by atoms with van der Waals surface area (Å²) in [6, 6.07) is 12.0. The van der Waals surface area contributed by atoms with E-state index in [4.69, 9.17) is 0 Å². The van der Waals surface area contributed by atoms with Gasteiger partial charge in [-0.1, -0.05) is 30.3 Å². The summed E-state index contributed by atoms with van der Waals surface area (Å²) >= 11 is 0. The van der Waals surface area contributed by atoms with Crippen molar-refractivity contribution < 1.29 is 0 Å². The van der Waals surface area contributed by atoms with Gasteiger partial charge in [0.15, 0.2) is 5.82 Å². The highest BCUT2D eigenvalue weighted by molar-refractivity contribution is 5.34. The van der Waals surface area contributed by atoms with Gasteiger partial charge in [-0.15, -0.1) is 10.2 Å². The van der Waals surface area contributed by atoms with Crippen molar-refractivity contribution in [3.63, 3.8) is 0 Å². The molecular formula is C15H16N6. The van der Waals surface area contributed by atoms with Crippen molar-refractivity contribution >= 4 is 5.82 Å². The maximum Gasteiger partial charge on any atom is 0.151 e. The first-order chi connectivity index (χ1) is 10.3. The molecule has 0 unspecified atom stereocenters. The standard InChI is InChI=1S/C15H16N6/c1-21-11-18-20-15(21)10-17-13-7-8-16-14(19-13)9-12-5-3-2-4-6-12/h2-8,11H,9-10H2,1H3,(H,16,17,19). The van der Waals surface area contributed by atoms with E-state index >= 15 is 0 Å². The Morgan fingerprint density at radius 3 is 2.76 bits per heavy atom. The molecule has 0 radical (unpaired) electrons. The number of nitrogens with one attached hydrogen (secondary N) is 1. The molecule has 3 rings (SSSR count). The summed E-state index contributed by atoms with van der Waals surface area (Å²) in [6.07, 6.45) is 4.17. The van der Waals surface area contributed by atoms with E-state index in [-0.39, 0.29) is 0 Å². The molecule has 1 aromatic carbocycles. The van der Waals surface area contributed by atoms with E-state index in [1.54, 1.807) is 12.5 Å². The number of nitrogens with zero attached hydrogens (tertiary/aromatic N) is 5. The fourth-order valence-electron chi connectivity index (χ4n) is 2.00. The number of benzene rings is 1. The number of hydrogen-bond donors (Lipinski definition) is 1. The quantitative estimate of drug-likeness (QED) is 0.772.